The van der Waals surface area contributed by atoms with Gasteiger partial charge < -0.3 is 10.0 Å². The van der Waals surface area contributed by atoms with Gasteiger partial charge in [-0.05, 0) is 32.3 Å². The molecule has 2 atom stereocenters. The van der Waals surface area contributed by atoms with Gasteiger partial charge in [-0.1, -0.05) is 6.92 Å². The summed E-state index contributed by atoms with van der Waals surface area (Å²) in [5.41, 5.74) is 1.85. The molecule has 0 unspecified atom stereocenters. The summed E-state index contributed by atoms with van der Waals surface area (Å²) in [6.45, 7) is 5.11. The Hall–Kier alpha value is -1.36. The Morgan fingerprint density at radius 3 is 2.89 bits per heavy atom. The standard InChI is InChI=1S/C14H21N3O2/c1-9-5-11(16-15-9)6-10-7-17(8-12(10)18)13(19)14(2)3-4-14/h5,10,12,18H,3-4,6-8H2,1-2H3,(H,15,16)/t10-,12-/m1/s1. The number of H-pyrrole nitrogens is 1. The molecule has 1 aromatic heterocycles. The molecule has 1 aliphatic carbocycles. The summed E-state index contributed by atoms with van der Waals surface area (Å²) in [5.74, 6) is 0.321. The number of β-amino-alcohol motifs (C(OH)–C–C–N with tert-alkyl or cyclic N) is 1. The predicted octanol–water partition coefficient (Wildman–Crippen LogP) is 0.880. The first kappa shape index (κ1) is 12.7. The molecule has 19 heavy (non-hydrogen) atoms. The average molecular weight is 263 g/mol. The molecular formula is C14H21N3O2. The topological polar surface area (TPSA) is 69.2 Å². The molecule has 1 amide bonds. The SMILES string of the molecule is Cc1cc(C[C@@H]2CN(C(=O)C3(C)CC3)C[C@H]2O)n[nH]1. The van der Waals surface area contributed by atoms with Gasteiger partial charge in [-0.15, -0.1) is 0 Å². The van der Waals surface area contributed by atoms with Crippen molar-refractivity contribution < 1.29 is 9.90 Å². The van der Waals surface area contributed by atoms with Crippen LogP contribution >= 0.6 is 0 Å². The van der Waals surface area contributed by atoms with E-state index < -0.39 is 6.10 Å². The van der Waals surface area contributed by atoms with Gasteiger partial charge in [0, 0.05) is 30.1 Å². The summed E-state index contributed by atoms with van der Waals surface area (Å²) >= 11 is 0. The molecule has 2 aliphatic rings. The molecule has 2 N–H and O–H groups in total. The highest BCUT2D eigenvalue weighted by atomic mass is 16.3. The van der Waals surface area contributed by atoms with Crippen LogP contribution in [0.25, 0.3) is 0 Å². The molecule has 104 valence electrons. The lowest BCUT2D eigenvalue weighted by Crippen LogP contribution is -2.35. The minimum atomic E-state index is -0.427. The Morgan fingerprint density at radius 1 is 1.58 bits per heavy atom. The van der Waals surface area contributed by atoms with Crippen LogP contribution in [0.1, 0.15) is 31.2 Å². The number of likely N-dealkylation sites (tertiary alicyclic amines) is 1. The van der Waals surface area contributed by atoms with Gasteiger partial charge >= 0.3 is 0 Å². The molecule has 3 rings (SSSR count). The number of amides is 1. The van der Waals surface area contributed by atoms with E-state index in [1.54, 1.807) is 0 Å². The van der Waals surface area contributed by atoms with Crippen LogP contribution in [0.3, 0.4) is 0 Å². The van der Waals surface area contributed by atoms with Gasteiger partial charge in [0.05, 0.1) is 11.8 Å². The normalized spacial score (nSPS) is 28.7. The molecule has 0 aromatic carbocycles. The Bertz CT molecular complexity index is 493. The van der Waals surface area contributed by atoms with Crippen molar-refractivity contribution in [1.29, 1.82) is 0 Å². The third-order valence-electron chi connectivity index (χ3n) is 4.44. The van der Waals surface area contributed by atoms with Gasteiger partial charge in [-0.2, -0.15) is 5.10 Å². The van der Waals surface area contributed by atoms with Crippen LogP contribution in [0.15, 0.2) is 6.07 Å². The maximum Gasteiger partial charge on any atom is 0.228 e. The number of hydrogen-bond acceptors (Lipinski definition) is 3. The molecule has 1 aromatic rings. The number of aliphatic hydroxyl groups excluding tert-OH is 1. The number of aromatic nitrogens is 2. The number of aliphatic hydroxyl groups is 1. The zero-order chi connectivity index (χ0) is 13.6. The van der Waals surface area contributed by atoms with Gasteiger partial charge in [-0.3, -0.25) is 9.89 Å². The van der Waals surface area contributed by atoms with Gasteiger partial charge in [-0.25, -0.2) is 0 Å². The van der Waals surface area contributed by atoms with Crippen molar-refractivity contribution in [2.24, 2.45) is 11.3 Å². The van der Waals surface area contributed by atoms with Gasteiger partial charge in [0.2, 0.25) is 5.91 Å². The fraction of sp³-hybridized carbons (Fsp3) is 0.714. The fourth-order valence-corrected chi connectivity index (χ4v) is 2.85. The van der Waals surface area contributed by atoms with Crippen LogP contribution in [0.2, 0.25) is 0 Å². The van der Waals surface area contributed by atoms with Crippen molar-refractivity contribution in [3.8, 4) is 0 Å². The average Bonchev–Trinajstić information content (AvgIpc) is 2.82. The molecule has 1 aliphatic heterocycles. The second-order valence-corrected chi connectivity index (χ2v) is 6.34. The van der Waals surface area contributed by atoms with E-state index in [9.17, 15) is 9.90 Å². The van der Waals surface area contributed by atoms with Crippen molar-refractivity contribution in [2.75, 3.05) is 13.1 Å². The minimum absolute atomic E-state index is 0.106. The minimum Gasteiger partial charge on any atom is -0.391 e. The molecule has 5 nitrogen and oxygen atoms in total. The monoisotopic (exact) mass is 263 g/mol. The number of rotatable bonds is 3. The summed E-state index contributed by atoms with van der Waals surface area (Å²) in [4.78, 5) is 14.1. The first-order chi connectivity index (χ1) is 8.98. The van der Waals surface area contributed by atoms with Gasteiger partial charge in [0.15, 0.2) is 0 Å². The molecule has 2 fully saturated rings. The zero-order valence-electron chi connectivity index (χ0n) is 11.5. The number of aromatic amines is 1. The summed E-state index contributed by atoms with van der Waals surface area (Å²) in [7, 11) is 0. The van der Waals surface area contributed by atoms with E-state index in [-0.39, 0.29) is 17.2 Å². The highest BCUT2D eigenvalue weighted by molar-refractivity contribution is 5.85. The fourth-order valence-electron chi connectivity index (χ4n) is 2.85. The van der Waals surface area contributed by atoms with Crippen molar-refractivity contribution in [3.63, 3.8) is 0 Å². The number of nitrogens with one attached hydrogen (secondary N) is 1. The summed E-state index contributed by atoms with van der Waals surface area (Å²) < 4.78 is 0. The van der Waals surface area contributed by atoms with E-state index in [1.165, 1.54) is 0 Å². The third-order valence-corrected chi connectivity index (χ3v) is 4.44. The van der Waals surface area contributed by atoms with Crippen LogP contribution in [0.5, 0.6) is 0 Å². The van der Waals surface area contributed by atoms with Crippen molar-refractivity contribution in [1.82, 2.24) is 15.1 Å². The zero-order valence-corrected chi connectivity index (χ0v) is 11.5. The number of nitrogens with zero attached hydrogens (tertiary/aromatic N) is 2. The Labute approximate surface area is 113 Å². The predicted molar refractivity (Wildman–Crippen MR) is 70.4 cm³/mol. The summed E-state index contributed by atoms with van der Waals surface area (Å²) in [6, 6.07) is 2.00. The highest BCUT2D eigenvalue weighted by Gasteiger charge is 2.49. The first-order valence-corrected chi connectivity index (χ1v) is 6.96. The summed E-state index contributed by atoms with van der Waals surface area (Å²) in [5, 5.41) is 17.2. The first-order valence-electron chi connectivity index (χ1n) is 6.96. The van der Waals surface area contributed by atoms with E-state index in [1.807, 2.05) is 24.8 Å². The molecule has 0 radical (unpaired) electrons. The smallest absolute Gasteiger partial charge is 0.228 e. The van der Waals surface area contributed by atoms with Crippen molar-refractivity contribution in [3.05, 3.63) is 17.5 Å². The van der Waals surface area contributed by atoms with Gasteiger partial charge in [0.25, 0.3) is 0 Å². The third kappa shape index (κ3) is 2.39. The Balaban J connectivity index is 1.63. The van der Waals surface area contributed by atoms with Gasteiger partial charge in [0.1, 0.15) is 0 Å². The molecule has 1 saturated heterocycles. The van der Waals surface area contributed by atoms with Crippen molar-refractivity contribution in [2.45, 2.75) is 39.2 Å². The molecule has 2 heterocycles. The number of hydrogen-bond donors (Lipinski definition) is 2. The largest absolute Gasteiger partial charge is 0.391 e. The summed E-state index contributed by atoms with van der Waals surface area (Å²) in [6.07, 6.45) is 2.28. The molecule has 1 saturated carbocycles. The van der Waals surface area contributed by atoms with Crippen LogP contribution in [0.4, 0.5) is 0 Å². The maximum absolute atomic E-state index is 12.3. The highest BCUT2D eigenvalue weighted by Crippen LogP contribution is 2.47. The van der Waals surface area contributed by atoms with E-state index in [0.717, 1.165) is 30.7 Å². The number of aryl methyl sites for hydroxylation is 1. The Kier molecular flexibility index (Phi) is 2.89. The molecule has 5 heteroatoms. The Morgan fingerprint density at radius 2 is 2.32 bits per heavy atom. The van der Waals surface area contributed by atoms with Crippen LogP contribution in [0, 0.1) is 18.3 Å². The van der Waals surface area contributed by atoms with E-state index in [4.69, 9.17) is 0 Å². The van der Waals surface area contributed by atoms with Crippen LogP contribution < -0.4 is 0 Å². The molecule has 0 bridgehead atoms. The van der Waals surface area contributed by atoms with E-state index in [2.05, 4.69) is 10.2 Å². The molecule has 0 spiro atoms. The lowest BCUT2D eigenvalue weighted by atomic mass is 10.00. The van der Waals surface area contributed by atoms with Crippen LogP contribution in [-0.4, -0.2) is 45.3 Å². The maximum atomic E-state index is 12.3. The quantitative estimate of drug-likeness (QED) is 0.850. The van der Waals surface area contributed by atoms with E-state index >= 15 is 0 Å². The second-order valence-electron chi connectivity index (χ2n) is 6.34. The number of carbonyl (C=O) groups excluding carboxylic acids is 1. The van der Waals surface area contributed by atoms with Crippen molar-refractivity contribution >= 4 is 5.91 Å². The number of carbonyl (C=O) groups is 1. The lowest BCUT2D eigenvalue weighted by Gasteiger charge is -2.20. The van der Waals surface area contributed by atoms with Crippen LogP contribution in [-0.2, 0) is 11.2 Å². The lowest BCUT2D eigenvalue weighted by molar-refractivity contribution is -0.135. The second kappa shape index (κ2) is 4.34. The van der Waals surface area contributed by atoms with E-state index in [0.29, 0.717) is 13.1 Å². The molecular weight excluding hydrogens is 242 g/mol.